The molecular formula is C14H21N3O3S. The van der Waals surface area contributed by atoms with Crippen LogP contribution in [0.4, 0.5) is 4.79 Å². The van der Waals surface area contributed by atoms with Gasteiger partial charge in [0.1, 0.15) is 5.01 Å². The van der Waals surface area contributed by atoms with Gasteiger partial charge in [-0.05, 0) is 32.6 Å². The van der Waals surface area contributed by atoms with Crippen molar-refractivity contribution in [2.75, 3.05) is 0 Å². The second kappa shape index (κ2) is 6.89. The molecule has 2 amide bonds. The number of urea groups is 1. The average Bonchev–Trinajstić information content (AvgIpc) is 3.06. The molecule has 0 aliphatic heterocycles. The molecule has 1 saturated carbocycles. The monoisotopic (exact) mass is 311 g/mol. The minimum atomic E-state index is -0.775. The van der Waals surface area contributed by atoms with Gasteiger partial charge < -0.3 is 15.7 Å². The standard InChI is InChI=1S/C14H21N3O3S/c1-3-11-7-15-12(21-11)8(2)16-14(20)17-10-5-4-9(6-10)13(18)19/h7-10H,3-6H2,1-2H3,(H,18,19)(H2,16,17,20)/t8?,9-,10+/m1/s1. The summed E-state index contributed by atoms with van der Waals surface area (Å²) in [6.45, 7) is 3.97. The van der Waals surface area contributed by atoms with Crippen LogP contribution in [0.1, 0.15) is 49.0 Å². The van der Waals surface area contributed by atoms with E-state index in [0.29, 0.717) is 12.8 Å². The van der Waals surface area contributed by atoms with Gasteiger partial charge in [-0.15, -0.1) is 11.3 Å². The zero-order chi connectivity index (χ0) is 15.4. The van der Waals surface area contributed by atoms with Gasteiger partial charge in [-0.25, -0.2) is 9.78 Å². The van der Waals surface area contributed by atoms with Gasteiger partial charge in [-0.1, -0.05) is 6.92 Å². The van der Waals surface area contributed by atoms with Crippen LogP contribution in [0.3, 0.4) is 0 Å². The number of hydrogen-bond donors (Lipinski definition) is 3. The lowest BCUT2D eigenvalue weighted by Crippen LogP contribution is -2.42. The van der Waals surface area contributed by atoms with E-state index in [-0.39, 0.29) is 24.0 Å². The number of aryl methyl sites for hydroxylation is 1. The summed E-state index contributed by atoms with van der Waals surface area (Å²) in [6.07, 6.45) is 4.63. The largest absolute Gasteiger partial charge is 0.481 e. The highest BCUT2D eigenvalue weighted by molar-refractivity contribution is 7.11. The smallest absolute Gasteiger partial charge is 0.315 e. The number of carboxylic acid groups (broad SMARTS) is 1. The maximum absolute atomic E-state index is 11.9. The van der Waals surface area contributed by atoms with Crippen molar-refractivity contribution in [2.24, 2.45) is 5.92 Å². The third kappa shape index (κ3) is 4.17. The Balaban J connectivity index is 1.80. The van der Waals surface area contributed by atoms with E-state index >= 15 is 0 Å². The number of amides is 2. The summed E-state index contributed by atoms with van der Waals surface area (Å²) in [5.41, 5.74) is 0. The Morgan fingerprint density at radius 3 is 2.86 bits per heavy atom. The van der Waals surface area contributed by atoms with Gasteiger partial charge in [0.25, 0.3) is 0 Å². The number of thiazole rings is 1. The molecule has 1 unspecified atom stereocenters. The summed E-state index contributed by atoms with van der Waals surface area (Å²) in [5.74, 6) is -1.11. The van der Waals surface area contributed by atoms with Gasteiger partial charge in [0.2, 0.25) is 0 Å². The second-order valence-corrected chi connectivity index (χ2v) is 6.55. The van der Waals surface area contributed by atoms with Crippen molar-refractivity contribution in [3.63, 3.8) is 0 Å². The van der Waals surface area contributed by atoms with Crippen molar-refractivity contribution in [1.29, 1.82) is 0 Å². The van der Waals surface area contributed by atoms with Crippen molar-refractivity contribution < 1.29 is 14.7 Å². The van der Waals surface area contributed by atoms with E-state index in [0.717, 1.165) is 17.8 Å². The molecule has 3 N–H and O–H groups in total. The highest BCUT2D eigenvalue weighted by Crippen LogP contribution is 2.26. The van der Waals surface area contributed by atoms with E-state index in [4.69, 9.17) is 5.11 Å². The molecule has 3 atom stereocenters. The van der Waals surface area contributed by atoms with Crippen molar-refractivity contribution in [2.45, 2.75) is 51.6 Å². The SMILES string of the molecule is CCc1cnc(C(C)NC(=O)N[C@H]2CC[C@@H](C(=O)O)C2)s1. The lowest BCUT2D eigenvalue weighted by atomic mass is 10.1. The molecule has 1 aromatic heterocycles. The fourth-order valence-corrected chi connectivity index (χ4v) is 3.37. The Kier molecular flexibility index (Phi) is 5.17. The average molecular weight is 311 g/mol. The molecule has 0 spiro atoms. The van der Waals surface area contributed by atoms with Crippen LogP contribution in [-0.2, 0) is 11.2 Å². The van der Waals surface area contributed by atoms with E-state index < -0.39 is 5.97 Å². The van der Waals surface area contributed by atoms with Gasteiger partial charge in [0.15, 0.2) is 0 Å². The summed E-state index contributed by atoms with van der Waals surface area (Å²) in [5, 5.41) is 15.5. The molecule has 0 saturated heterocycles. The molecule has 7 heteroatoms. The zero-order valence-electron chi connectivity index (χ0n) is 12.3. The van der Waals surface area contributed by atoms with Gasteiger partial charge in [-0.2, -0.15) is 0 Å². The van der Waals surface area contributed by atoms with E-state index in [1.165, 1.54) is 4.88 Å². The number of carbonyl (C=O) groups excluding carboxylic acids is 1. The van der Waals surface area contributed by atoms with E-state index in [9.17, 15) is 9.59 Å². The van der Waals surface area contributed by atoms with Gasteiger partial charge in [0, 0.05) is 17.1 Å². The number of nitrogens with one attached hydrogen (secondary N) is 2. The van der Waals surface area contributed by atoms with Gasteiger partial charge in [-0.3, -0.25) is 4.79 Å². The molecule has 21 heavy (non-hydrogen) atoms. The minimum Gasteiger partial charge on any atom is -0.481 e. The van der Waals surface area contributed by atoms with E-state index in [2.05, 4.69) is 22.5 Å². The highest BCUT2D eigenvalue weighted by Gasteiger charge is 2.30. The summed E-state index contributed by atoms with van der Waals surface area (Å²) >= 11 is 1.60. The summed E-state index contributed by atoms with van der Waals surface area (Å²) in [4.78, 5) is 28.3. The third-order valence-corrected chi connectivity index (χ3v) is 5.08. The first-order valence-corrected chi connectivity index (χ1v) is 8.05. The molecule has 1 aromatic rings. The number of rotatable bonds is 5. The minimum absolute atomic E-state index is 0.0548. The summed E-state index contributed by atoms with van der Waals surface area (Å²) in [7, 11) is 0. The molecule has 1 aliphatic carbocycles. The maximum atomic E-state index is 11.9. The molecule has 2 rings (SSSR count). The van der Waals surface area contributed by atoms with Crippen LogP contribution >= 0.6 is 11.3 Å². The first-order chi connectivity index (χ1) is 9.99. The molecule has 1 fully saturated rings. The number of aromatic nitrogens is 1. The number of nitrogens with zero attached hydrogens (tertiary/aromatic N) is 1. The number of aliphatic carboxylic acids is 1. The Morgan fingerprint density at radius 1 is 1.52 bits per heavy atom. The molecule has 1 aliphatic rings. The molecular weight excluding hydrogens is 290 g/mol. The third-order valence-electron chi connectivity index (χ3n) is 3.76. The van der Waals surface area contributed by atoms with Crippen LogP contribution < -0.4 is 10.6 Å². The van der Waals surface area contributed by atoms with Crippen LogP contribution in [0.15, 0.2) is 6.20 Å². The van der Waals surface area contributed by atoms with Crippen molar-refractivity contribution in [3.8, 4) is 0 Å². The Bertz CT molecular complexity index is 517. The first-order valence-electron chi connectivity index (χ1n) is 7.24. The van der Waals surface area contributed by atoms with Crippen molar-refractivity contribution in [1.82, 2.24) is 15.6 Å². The zero-order valence-corrected chi connectivity index (χ0v) is 13.1. The van der Waals surface area contributed by atoms with Crippen LogP contribution in [0.25, 0.3) is 0 Å². The molecule has 116 valence electrons. The Hall–Kier alpha value is -1.63. The van der Waals surface area contributed by atoms with Gasteiger partial charge in [0.05, 0.1) is 12.0 Å². The van der Waals surface area contributed by atoms with Crippen molar-refractivity contribution in [3.05, 3.63) is 16.1 Å². The highest BCUT2D eigenvalue weighted by atomic mass is 32.1. The maximum Gasteiger partial charge on any atom is 0.315 e. The molecule has 1 heterocycles. The van der Waals surface area contributed by atoms with Crippen LogP contribution in [-0.4, -0.2) is 28.1 Å². The Morgan fingerprint density at radius 2 is 2.29 bits per heavy atom. The second-order valence-electron chi connectivity index (χ2n) is 5.40. The number of carbonyl (C=O) groups is 2. The summed E-state index contributed by atoms with van der Waals surface area (Å²) in [6, 6.07) is -0.459. The van der Waals surface area contributed by atoms with Crippen LogP contribution in [0, 0.1) is 5.92 Å². The normalized spacial score (nSPS) is 22.8. The fraction of sp³-hybridized carbons (Fsp3) is 0.643. The van der Waals surface area contributed by atoms with Crippen molar-refractivity contribution >= 4 is 23.3 Å². The predicted octanol–water partition coefficient (Wildman–Crippen LogP) is 2.32. The number of hydrogen-bond acceptors (Lipinski definition) is 4. The van der Waals surface area contributed by atoms with E-state index in [1.807, 2.05) is 13.1 Å². The van der Waals surface area contributed by atoms with Gasteiger partial charge >= 0.3 is 12.0 Å². The Labute approximate surface area is 128 Å². The predicted molar refractivity (Wildman–Crippen MR) is 80.3 cm³/mol. The molecule has 0 aromatic carbocycles. The van der Waals surface area contributed by atoms with E-state index in [1.54, 1.807) is 11.3 Å². The first kappa shape index (κ1) is 15.8. The lowest BCUT2D eigenvalue weighted by molar-refractivity contribution is -0.141. The summed E-state index contributed by atoms with van der Waals surface area (Å²) < 4.78 is 0. The molecule has 0 radical (unpaired) electrons. The lowest BCUT2D eigenvalue weighted by Gasteiger charge is -2.16. The molecule has 6 nitrogen and oxygen atoms in total. The van der Waals surface area contributed by atoms with Crippen LogP contribution in [0.2, 0.25) is 0 Å². The molecule has 0 bridgehead atoms. The van der Waals surface area contributed by atoms with Crippen LogP contribution in [0.5, 0.6) is 0 Å². The topological polar surface area (TPSA) is 91.3 Å². The fourth-order valence-electron chi connectivity index (χ4n) is 2.51. The quantitative estimate of drug-likeness (QED) is 0.778. The number of carboxylic acids is 1.